The summed E-state index contributed by atoms with van der Waals surface area (Å²) < 4.78 is 0. The summed E-state index contributed by atoms with van der Waals surface area (Å²) in [4.78, 5) is 27.7. The third-order valence-electron chi connectivity index (χ3n) is 2.98. The van der Waals surface area contributed by atoms with Crippen LogP contribution in [0.5, 0.6) is 0 Å². The average molecular weight is 318 g/mol. The van der Waals surface area contributed by atoms with Crippen LogP contribution < -0.4 is 10.6 Å². The van der Waals surface area contributed by atoms with Crippen molar-refractivity contribution in [3.05, 3.63) is 58.9 Å². The van der Waals surface area contributed by atoms with Crippen molar-refractivity contribution in [3.8, 4) is 0 Å². The van der Waals surface area contributed by atoms with Crippen molar-refractivity contribution in [1.82, 2.24) is 10.3 Å². The Morgan fingerprint density at radius 2 is 2.00 bits per heavy atom. The van der Waals surface area contributed by atoms with Gasteiger partial charge >= 0.3 is 0 Å². The average Bonchev–Trinajstić information content (AvgIpc) is 2.49. The molecule has 0 saturated heterocycles. The van der Waals surface area contributed by atoms with Crippen molar-refractivity contribution in [1.29, 1.82) is 0 Å². The normalized spacial score (nSPS) is 10.1. The first-order valence-corrected chi connectivity index (χ1v) is 7.15. The van der Waals surface area contributed by atoms with Gasteiger partial charge in [0.25, 0.3) is 0 Å². The molecule has 2 N–H and O–H groups in total. The van der Waals surface area contributed by atoms with Gasteiger partial charge in [-0.1, -0.05) is 17.7 Å². The second-order valence-electron chi connectivity index (χ2n) is 4.78. The number of nitrogens with one attached hydrogen (secondary N) is 2. The van der Waals surface area contributed by atoms with E-state index in [1.165, 1.54) is 0 Å². The molecule has 0 radical (unpaired) electrons. The van der Waals surface area contributed by atoms with E-state index in [4.69, 9.17) is 11.6 Å². The molecule has 2 rings (SSSR count). The van der Waals surface area contributed by atoms with Crippen LogP contribution in [0.4, 0.5) is 5.69 Å². The summed E-state index contributed by atoms with van der Waals surface area (Å²) in [6.07, 6.45) is 1.41. The van der Waals surface area contributed by atoms with Gasteiger partial charge in [-0.05, 0) is 42.8 Å². The minimum Gasteiger partial charge on any atom is -0.350 e. The van der Waals surface area contributed by atoms with E-state index in [0.717, 1.165) is 11.3 Å². The van der Waals surface area contributed by atoms with Crippen molar-refractivity contribution in [2.75, 3.05) is 5.32 Å². The highest BCUT2D eigenvalue weighted by atomic mass is 35.5. The van der Waals surface area contributed by atoms with E-state index >= 15 is 0 Å². The van der Waals surface area contributed by atoms with Crippen molar-refractivity contribution >= 4 is 29.1 Å². The van der Waals surface area contributed by atoms with Gasteiger partial charge in [0.15, 0.2) is 0 Å². The largest absolute Gasteiger partial charge is 0.350 e. The molecule has 6 heteroatoms. The fourth-order valence-corrected chi connectivity index (χ4v) is 2.09. The first kappa shape index (κ1) is 16.0. The van der Waals surface area contributed by atoms with E-state index in [0.29, 0.717) is 17.3 Å². The zero-order valence-corrected chi connectivity index (χ0v) is 12.9. The number of carbonyl (C=O) groups is 2. The van der Waals surface area contributed by atoms with Gasteiger partial charge in [-0.2, -0.15) is 0 Å². The molecule has 0 bridgehead atoms. The van der Waals surface area contributed by atoms with Gasteiger partial charge in [-0.25, -0.2) is 0 Å². The standard InChI is InChI=1S/C16H16ClN3O2/c1-11-8-12(17)5-6-14(11)20-16(22)9-15(21)19-10-13-4-2-3-7-18-13/h2-8H,9-10H2,1H3,(H,19,21)(H,20,22). The number of halogens is 1. The number of pyridine rings is 1. The number of nitrogens with zero attached hydrogens (tertiary/aromatic N) is 1. The van der Waals surface area contributed by atoms with Crippen LogP contribution in [0.15, 0.2) is 42.6 Å². The zero-order chi connectivity index (χ0) is 15.9. The Labute approximate surface area is 133 Å². The number of hydrogen-bond acceptors (Lipinski definition) is 3. The summed E-state index contributed by atoms with van der Waals surface area (Å²) in [6.45, 7) is 2.13. The predicted octanol–water partition coefficient (Wildman–Crippen LogP) is 2.69. The lowest BCUT2D eigenvalue weighted by molar-refractivity contribution is -0.126. The Bertz CT molecular complexity index is 674. The Balaban J connectivity index is 1.82. The predicted molar refractivity (Wildman–Crippen MR) is 85.5 cm³/mol. The Hall–Kier alpha value is -2.40. The maximum absolute atomic E-state index is 11.9. The summed E-state index contributed by atoms with van der Waals surface area (Å²) in [6, 6.07) is 10.6. The number of carbonyl (C=O) groups excluding carboxylic acids is 2. The number of benzene rings is 1. The van der Waals surface area contributed by atoms with Crippen molar-refractivity contribution in [3.63, 3.8) is 0 Å². The number of aromatic nitrogens is 1. The SMILES string of the molecule is Cc1cc(Cl)ccc1NC(=O)CC(=O)NCc1ccccn1. The number of rotatable bonds is 5. The molecular formula is C16H16ClN3O2. The topological polar surface area (TPSA) is 71.1 Å². The van der Waals surface area contributed by atoms with E-state index in [1.807, 2.05) is 13.0 Å². The van der Waals surface area contributed by atoms with Crippen molar-refractivity contribution in [2.45, 2.75) is 19.9 Å². The van der Waals surface area contributed by atoms with E-state index in [1.54, 1.807) is 36.5 Å². The van der Waals surface area contributed by atoms with E-state index < -0.39 is 0 Å². The molecule has 0 aliphatic rings. The molecule has 1 aromatic carbocycles. The van der Waals surface area contributed by atoms with Crippen LogP contribution in [0.1, 0.15) is 17.7 Å². The summed E-state index contributed by atoms with van der Waals surface area (Å²) in [5, 5.41) is 5.95. The lowest BCUT2D eigenvalue weighted by Crippen LogP contribution is -2.28. The molecule has 0 unspecified atom stereocenters. The van der Waals surface area contributed by atoms with E-state index in [9.17, 15) is 9.59 Å². The second kappa shape index (κ2) is 7.56. The van der Waals surface area contributed by atoms with Crippen LogP contribution in [0.25, 0.3) is 0 Å². The van der Waals surface area contributed by atoms with Gasteiger partial charge in [0, 0.05) is 16.9 Å². The number of amides is 2. The lowest BCUT2D eigenvalue weighted by atomic mass is 10.2. The number of anilines is 1. The molecule has 0 fully saturated rings. The quantitative estimate of drug-likeness (QED) is 0.833. The fraction of sp³-hybridized carbons (Fsp3) is 0.188. The van der Waals surface area contributed by atoms with Gasteiger partial charge in [0.1, 0.15) is 6.42 Å². The highest BCUT2D eigenvalue weighted by molar-refractivity contribution is 6.30. The van der Waals surface area contributed by atoms with Gasteiger partial charge in [-0.15, -0.1) is 0 Å². The Morgan fingerprint density at radius 1 is 1.18 bits per heavy atom. The van der Waals surface area contributed by atoms with Gasteiger partial charge in [-0.3, -0.25) is 14.6 Å². The van der Waals surface area contributed by atoms with Crippen LogP contribution in [-0.2, 0) is 16.1 Å². The molecule has 1 heterocycles. The minimum absolute atomic E-state index is 0.241. The molecule has 0 aliphatic heterocycles. The van der Waals surface area contributed by atoms with Gasteiger partial charge in [0.2, 0.25) is 11.8 Å². The molecule has 0 spiro atoms. The van der Waals surface area contributed by atoms with Crippen LogP contribution in [0.3, 0.4) is 0 Å². The Kier molecular flexibility index (Phi) is 5.49. The highest BCUT2D eigenvalue weighted by Crippen LogP contribution is 2.19. The van der Waals surface area contributed by atoms with Crippen LogP contribution in [0.2, 0.25) is 5.02 Å². The molecule has 0 saturated carbocycles. The van der Waals surface area contributed by atoms with Crippen LogP contribution in [0, 0.1) is 6.92 Å². The third kappa shape index (κ3) is 4.86. The van der Waals surface area contributed by atoms with Gasteiger partial charge < -0.3 is 10.6 Å². The molecule has 22 heavy (non-hydrogen) atoms. The molecule has 114 valence electrons. The maximum atomic E-state index is 11.9. The number of aryl methyl sites for hydroxylation is 1. The summed E-state index contributed by atoms with van der Waals surface area (Å²) >= 11 is 5.85. The molecule has 5 nitrogen and oxygen atoms in total. The van der Waals surface area contributed by atoms with Crippen LogP contribution >= 0.6 is 11.6 Å². The highest BCUT2D eigenvalue weighted by Gasteiger charge is 2.10. The lowest BCUT2D eigenvalue weighted by Gasteiger charge is -2.09. The first-order chi connectivity index (χ1) is 10.5. The molecule has 2 aromatic rings. The zero-order valence-electron chi connectivity index (χ0n) is 12.1. The van der Waals surface area contributed by atoms with Crippen molar-refractivity contribution in [2.24, 2.45) is 0 Å². The molecule has 0 aliphatic carbocycles. The van der Waals surface area contributed by atoms with Gasteiger partial charge in [0.05, 0.1) is 12.2 Å². The molecule has 1 aromatic heterocycles. The number of hydrogen-bond donors (Lipinski definition) is 2. The molecule has 0 atom stereocenters. The fourth-order valence-electron chi connectivity index (χ4n) is 1.86. The van der Waals surface area contributed by atoms with Crippen molar-refractivity contribution < 1.29 is 9.59 Å². The summed E-state index contributed by atoms with van der Waals surface area (Å²) in [5.41, 5.74) is 2.23. The second-order valence-corrected chi connectivity index (χ2v) is 5.22. The molecule has 2 amide bonds. The first-order valence-electron chi connectivity index (χ1n) is 6.77. The molecular weight excluding hydrogens is 302 g/mol. The van der Waals surface area contributed by atoms with Crippen LogP contribution in [-0.4, -0.2) is 16.8 Å². The van der Waals surface area contributed by atoms with E-state index in [-0.39, 0.29) is 18.2 Å². The minimum atomic E-state index is -0.371. The summed E-state index contributed by atoms with van der Waals surface area (Å²) in [7, 11) is 0. The Morgan fingerprint density at radius 3 is 2.68 bits per heavy atom. The summed E-state index contributed by atoms with van der Waals surface area (Å²) in [5.74, 6) is -0.723. The smallest absolute Gasteiger partial charge is 0.233 e. The maximum Gasteiger partial charge on any atom is 0.233 e. The third-order valence-corrected chi connectivity index (χ3v) is 3.21. The van der Waals surface area contributed by atoms with E-state index in [2.05, 4.69) is 15.6 Å². The monoisotopic (exact) mass is 317 g/mol.